The molecule has 2 heterocycles. The van der Waals surface area contributed by atoms with Gasteiger partial charge in [-0.15, -0.1) is 0 Å². The fraction of sp³-hybridized carbons (Fsp3) is 0.417. The maximum atomic E-state index is 13.1. The highest BCUT2D eigenvalue weighted by Gasteiger charge is 2.34. The molecule has 0 radical (unpaired) electrons. The number of sulfonamides is 1. The summed E-state index contributed by atoms with van der Waals surface area (Å²) in [6.45, 7) is 2.86. The van der Waals surface area contributed by atoms with E-state index in [4.69, 9.17) is 14.2 Å². The summed E-state index contributed by atoms with van der Waals surface area (Å²) >= 11 is 0. The molecule has 10 heteroatoms. The third-order valence-corrected chi connectivity index (χ3v) is 7.74. The molecule has 4 rings (SSSR count). The second kappa shape index (κ2) is 10.4. The minimum Gasteiger partial charge on any atom is -0.490 e. The van der Waals surface area contributed by atoms with Crippen LogP contribution in [0.2, 0.25) is 0 Å². The van der Waals surface area contributed by atoms with Gasteiger partial charge in [-0.05, 0) is 44.0 Å². The Morgan fingerprint density at radius 2 is 1.71 bits per heavy atom. The fourth-order valence-corrected chi connectivity index (χ4v) is 5.36. The van der Waals surface area contributed by atoms with Gasteiger partial charge in [0, 0.05) is 31.3 Å². The van der Waals surface area contributed by atoms with Crippen LogP contribution in [0.4, 0.5) is 5.69 Å². The molecule has 0 spiro atoms. The Labute approximate surface area is 199 Å². The van der Waals surface area contributed by atoms with E-state index in [2.05, 4.69) is 5.32 Å². The first-order valence-corrected chi connectivity index (χ1v) is 12.7. The van der Waals surface area contributed by atoms with Crippen LogP contribution in [0.1, 0.15) is 26.2 Å². The van der Waals surface area contributed by atoms with Crippen molar-refractivity contribution in [2.45, 2.75) is 37.2 Å². The van der Waals surface area contributed by atoms with Crippen molar-refractivity contribution in [2.75, 3.05) is 31.6 Å². The molecule has 2 aliphatic heterocycles. The van der Waals surface area contributed by atoms with E-state index < -0.39 is 33.9 Å². The number of hydrogen-bond donors (Lipinski definition) is 1. The molecule has 9 nitrogen and oxygen atoms in total. The van der Waals surface area contributed by atoms with E-state index in [1.54, 1.807) is 30.3 Å². The molecular weight excluding hydrogens is 460 g/mol. The van der Waals surface area contributed by atoms with Gasteiger partial charge in [0.25, 0.3) is 5.91 Å². The Balaban J connectivity index is 1.32. The van der Waals surface area contributed by atoms with Gasteiger partial charge in [0.1, 0.15) is 0 Å². The third kappa shape index (κ3) is 5.51. The van der Waals surface area contributed by atoms with Crippen molar-refractivity contribution < 1.29 is 32.2 Å². The summed E-state index contributed by atoms with van der Waals surface area (Å²) in [5.41, 5.74) is 0.615. The normalized spacial score (nSPS) is 17.9. The van der Waals surface area contributed by atoms with Gasteiger partial charge >= 0.3 is 5.97 Å². The molecular formula is C24H28N2O7S. The van der Waals surface area contributed by atoms with Gasteiger partial charge in [-0.1, -0.05) is 18.2 Å². The maximum absolute atomic E-state index is 13.1. The maximum Gasteiger partial charge on any atom is 0.309 e. The lowest BCUT2D eigenvalue weighted by atomic mass is 9.98. The summed E-state index contributed by atoms with van der Waals surface area (Å²) in [4.78, 5) is 25.0. The summed E-state index contributed by atoms with van der Waals surface area (Å²) in [5.74, 6) is -0.442. The largest absolute Gasteiger partial charge is 0.490 e. The van der Waals surface area contributed by atoms with E-state index in [1.165, 1.54) is 23.4 Å². The Hall–Kier alpha value is -3.11. The van der Waals surface area contributed by atoms with Crippen LogP contribution >= 0.6 is 0 Å². The number of anilines is 1. The summed E-state index contributed by atoms with van der Waals surface area (Å²) in [6, 6.07) is 13.5. The quantitative estimate of drug-likeness (QED) is 0.623. The molecule has 2 aromatic carbocycles. The number of ether oxygens (including phenoxy) is 3. The molecule has 1 fully saturated rings. The number of nitrogens with zero attached hydrogens (tertiary/aromatic N) is 1. The minimum atomic E-state index is -3.75. The first-order chi connectivity index (χ1) is 16.3. The van der Waals surface area contributed by atoms with Gasteiger partial charge in [-0.25, -0.2) is 8.42 Å². The molecule has 0 aliphatic carbocycles. The Bertz CT molecular complexity index is 1130. The van der Waals surface area contributed by atoms with E-state index in [0.717, 1.165) is 6.42 Å². The summed E-state index contributed by atoms with van der Waals surface area (Å²) in [5, 5.41) is 2.70. The van der Waals surface area contributed by atoms with Crippen molar-refractivity contribution in [1.82, 2.24) is 4.31 Å². The molecule has 1 atom stereocenters. The van der Waals surface area contributed by atoms with Crippen LogP contribution in [-0.2, 0) is 24.3 Å². The third-order valence-electron chi connectivity index (χ3n) is 5.85. The van der Waals surface area contributed by atoms with Gasteiger partial charge in [-0.2, -0.15) is 4.31 Å². The second-order valence-corrected chi connectivity index (χ2v) is 10.2. The van der Waals surface area contributed by atoms with Crippen molar-refractivity contribution in [3.63, 3.8) is 0 Å². The molecule has 1 unspecified atom stereocenters. The molecule has 0 aromatic heterocycles. The molecule has 0 saturated carbocycles. The standard InChI is InChI=1S/C24H28N2O7S/c1-17(23(27)25-19-6-3-2-4-7-19)33-24(28)18-10-12-26(13-11-18)34(29,30)20-8-9-21-22(16-20)32-15-5-14-31-21/h2-4,6-9,16-18H,5,10-15H2,1H3,(H,25,27). The van der Waals surface area contributed by atoms with Gasteiger partial charge in [-0.3, -0.25) is 9.59 Å². The van der Waals surface area contributed by atoms with E-state index in [9.17, 15) is 18.0 Å². The lowest BCUT2D eigenvalue weighted by molar-refractivity contribution is -0.158. The van der Waals surface area contributed by atoms with Gasteiger partial charge in [0.2, 0.25) is 10.0 Å². The molecule has 182 valence electrons. The minimum absolute atomic E-state index is 0.129. The highest BCUT2D eigenvalue weighted by Crippen LogP contribution is 2.34. The Kier molecular flexibility index (Phi) is 7.38. The van der Waals surface area contributed by atoms with Gasteiger partial charge in [0.05, 0.1) is 24.0 Å². The number of rotatable bonds is 6. The number of esters is 1. The smallest absolute Gasteiger partial charge is 0.309 e. The number of amides is 1. The van der Waals surface area contributed by atoms with Crippen LogP contribution in [0.3, 0.4) is 0 Å². The van der Waals surface area contributed by atoms with E-state index in [0.29, 0.717) is 43.2 Å². The molecule has 2 aromatic rings. The van der Waals surface area contributed by atoms with Crippen molar-refractivity contribution in [3.05, 3.63) is 48.5 Å². The van der Waals surface area contributed by atoms with Crippen molar-refractivity contribution in [1.29, 1.82) is 0 Å². The number of fused-ring (bicyclic) bond motifs is 1. The molecule has 0 bridgehead atoms. The topological polar surface area (TPSA) is 111 Å². The monoisotopic (exact) mass is 488 g/mol. The van der Waals surface area contributed by atoms with E-state index in [1.807, 2.05) is 6.07 Å². The molecule has 1 N–H and O–H groups in total. The number of piperidine rings is 1. The van der Waals surface area contributed by atoms with E-state index in [-0.39, 0.29) is 18.0 Å². The number of hydrogen-bond acceptors (Lipinski definition) is 7. The zero-order valence-electron chi connectivity index (χ0n) is 18.9. The van der Waals surface area contributed by atoms with Crippen LogP contribution in [0.25, 0.3) is 0 Å². The SMILES string of the molecule is CC(OC(=O)C1CCN(S(=O)(=O)c2ccc3c(c2)OCCCO3)CC1)C(=O)Nc1ccccc1. The van der Waals surface area contributed by atoms with Crippen molar-refractivity contribution in [2.24, 2.45) is 5.92 Å². The van der Waals surface area contributed by atoms with Crippen molar-refractivity contribution >= 4 is 27.6 Å². The van der Waals surface area contributed by atoms with Crippen molar-refractivity contribution in [3.8, 4) is 11.5 Å². The van der Waals surface area contributed by atoms with E-state index >= 15 is 0 Å². The molecule has 34 heavy (non-hydrogen) atoms. The lowest BCUT2D eigenvalue weighted by Crippen LogP contribution is -2.41. The zero-order valence-corrected chi connectivity index (χ0v) is 19.8. The Morgan fingerprint density at radius 1 is 1.03 bits per heavy atom. The summed E-state index contributed by atoms with van der Waals surface area (Å²) < 4.78 is 44.2. The number of carbonyl (C=O) groups is 2. The predicted molar refractivity (Wildman–Crippen MR) is 124 cm³/mol. The van der Waals surface area contributed by atoms with Crippen LogP contribution in [0, 0.1) is 5.92 Å². The number of carbonyl (C=O) groups excluding carboxylic acids is 2. The fourth-order valence-electron chi connectivity index (χ4n) is 3.87. The average molecular weight is 489 g/mol. The van der Waals surface area contributed by atoms with Crippen LogP contribution in [0.5, 0.6) is 11.5 Å². The lowest BCUT2D eigenvalue weighted by Gasteiger charge is -2.30. The predicted octanol–water partition coefficient (Wildman–Crippen LogP) is 2.82. The number of benzene rings is 2. The highest BCUT2D eigenvalue weighted by molar-refractivity contribution is 7.89. The number of para-hydroxylation sites is 1. The first-order valence-electron chi connectivity index (χ1n) is 11.3. The highest BCUT2D eigenvalue weighted by atomic mass is 32.2. The van der Waals surface area contributed by atoms with Crippen LogP contribution < -0.4 is 14.8 Å². The summed E-state index contributed by atoms with van der Waals surface area (Å²) in [7, 11) is -3.75. The molecule has 2 aliphatic rings. The first kappa shape index (κ1) is 24.0. The molecule has 1 amide bonds. The van der Waals surface area contributed by atoms with Crippen LogP contribution in [-0.4, -0.2) is 57.0 Å². The van der Waals surface area contributed by atoms with Crippen LogP contribution in [0.15, 0.2) is 53.4 Å². The Morgan fingerprint density at radius 3 is 2.41 bits per heavy atom. The number of nitrogens with one attached hydrogen (secondary N) is 1. The molecule has 1 saturated heterocycles. The zero-order chi connectivity index (χ0) is 24.1. The van der Waals surface area contributed by atoms with Gasteiger partial charge < -0.3 is 19.5 Å². The van der Waals surface area contributed by atoms with Gasteiger partial charge in [0.15, 0.2) is 17.6 Å². The second-order valence-electron chi connectivity index (χ2n) is 8.27. The average Bonchev–Trinajstić information content (AvgIpc) is 3.09. The summed E-state index contributed by atoms with van der Waals surface area (Å²) in [6.07, 6.45) is 0.398.